The van der Waals surface area contributed by atoms with Crippen LogP contribution in [0.3, 0.4) is 0 Å². The summed E-state index contributed by atoms with van der Waals surface area (Å²) >= 11 is 0. The Hall–Kier alpha value is -3.20. The van der Waals surface area contributed by atoms with Gasteiger partial charge in [-0.15, -0.1) is 0 Å². The molecule has 130 valence electrons. The molecule has 0 atom stereocenters. The number of ketones is 1. The van der Waals surface area contributed by atoms with Crippen molar-refractivity contribution >= 4 is 17.4 Å². The predicted octanol–water partition coefficient (Wildman–Crippen LogP) is 5.10. The topological polar surface area (TPSA) is 46.2 Å². The molecule has 3 rings (SSSR count). The summed E-state index contributed by atoms with van der Waals surface area (Å²) in [7, 11) is 0. The Morgan fingerprint density at radius 3 is 1.88 bits per heavy atom. The minimum Gasteiger partial charge on any atom is -0.321 e. The van der Waals surface area contributed by atoms with Crippen LogP contribution in [0.1, 0.15) is 43.0 Å². The van der Waals surface area contributed by atoms with Gasteiger partial charge in [0, 0.05) is 16.7 Å². The molecule has 0 saturated carbocycles. The molecule has 0 fully saturated rings. The van der Waals surface area contributed by atoms with Crippen LogP contribution in [-0.4, -0.2) is 11.7 Å². The van der Waals surface area contributed by atoms with Gasteiger partial charge in [0.1, 0.15) is 0 Å². The van der Waals surface area contributed by atoms with E-state index < -0.39 is 0 Å². The molecule has 0 saturated heterocycles. The number of amides is 1. The molecule has 3 nitrogen and oxygen atoms in total. The number of aryl methyl sites for hydroxylation is 3. The lowest BCUT2D eigenvalue weighted by molar-refractivity contribution is 0.102. The monoisotopic (exact) mass is 343 g/mol. The molecule has 1 N–H and O–H groups in total. The van der Waals surface area contributed by atoms with E-state index in [1.165, 1.54) is 0 Å². The Balaban J connectivity index is 1.99. The van der Waals surface area contributed by atoms with Gasteiger partial charge < -0.3 is 5.32 Å². The Labute approximate surface area is 153 Å². The summed E-state index contributed by atoms with van der Waals surface area (Å²) in [5, 5.41) is 2.92. The van der Waals surface area contributed by atoms with Crippen LogP contribution in [0.15, 0.2) is 66.7 Å². The smallest absolute Gasteiger partial charge is 0.255 e. The fourth-order valence-corrected chi connectivity index (χ4v) is 2.95. The second-order valence-electron chi connectivity index (χ2n) is 6.46. The summed E-state index contributed by atoms with van der Waals surface area (Å²) in [6, 6.07) is 20.4. The number of nitrogens with one attached hydrogen (secondary N) is 1. The summed E-state index contributed by atoms with van der Waals surface area (Å²) in [5.74, 6) is -0.310. The van der Waals surface area contributed by atoms with Crippen LogP contribution in [-0.2, 0) is 0 Å². The largest absolute Gasteiger partial charge is 0.321 e. The molecule has 26 heavy (non-hydrogen) atoms. The number of carbonyl (C=O) groups is 2. The van der Waals surface area contributed by atoms with Gasteiger partial charge in [-0.2, -0.15) is 0 Å². The third kappa shape index (κ3) is 3.57. The van der Waals surface area contributed by atoms with E-state index in [0.717, 1.165) is 16.7 Å². The van der Waals surface area contributed by atoms with Crippen LogP contribution in [0.4, 0.5) is 5.69 Å². The van der Waals surface area contributed by atoms with Crippen molar-refractivity contribution in [3.63, 3.8) is 0 Å². The Morgan fingerprint density at radius 1 is 0.692 bits per heavy atom. The molecule has 1 amide bonds. The fraction of sp³-hybridized carbons (Fsp3) is 0.130. The molecule has 0 radical (unpaired) electrons. The molecule has 0 unspecified atom stereocenters. The van der Waals surface area contributed by atoms with Crippen molar-refractivity contribution in [2.45, 2.75) is 20.8 Å². The molecule has 0 bridgehead atoms. The Bertz CT molecular complexity index is 989. The minimum atomic E-state index is -0.215. The summed E-state index contributed by atoms with van der Waals surface area (Å²) < 4.78 is 0. The zero-order chi connectivity index (χ0) is 18.7. The molecule has 3 aromatic carbocycles. The van der Waals surface area contributed by atoms with Crippen molar-refractivity contribution < 1.29 is 9.59 Å². The van der Waals surface area contributed by atoms with Crippen LogP contribution in [0, 0.1) is 20.8 Å². The van der Waals surface area contributed by atoms with E-state index >= 15 is 0 Å². The zero-order valence-electron chi connectivity index (χ0n) is 15.2. The molecular weight excluding hydrogens is 322 g/mol. The summed E-state index contributed by atoms with van der Waals surface area (Å²) in [5.41, 5.74) is 5.05. The molecule has 0 aliphatic heterocycles. The van der Waals surface area contributed by atoms with Gasteiger partial charge in [0.05, 0.1) is 5.69 Å². The number of carbonyl (C=O) groups excluding carboxylic acids is 2. The molecule has 0 spiro atoms. The Kier molecular flexibility index (Phi) is 4.99. The lowest BCUT2D eigenvalue weighted by atomic mass is 9.96. The van der Waals surface area contributed by atoms with Crippen molar-refractivity contribution in [1.82, 2.24) is 0 Å². The van der Waals surface area contributed by atoms with Gasteiger partial charge in [-0.1, -0.05) is 48.5 Å². The summed E-state index contributed by atoms with van der Waals surface area (Å²) in [6.45, 7) is 5.74. The van der Waals surface area contributed by atoms with E-state index in [1.807, 2.05) is 75.4 Å². The van der Waals surface area contributed by atoms with Crippen LogP contribution in [0.2, 0.25) is 0 Å². The maximum absolute atomic E-state index is 13.0. The first-order chi connectivity index (χ1) is 12.5. The first-order valence-corrected chi connectivity index (χ1v) is 8.55. The number of hydrogen-bond donors (Lipinski definition) is 1. The highest BCUT2D eigenvalue weighted by molar-refractivity contribution is 6.16. The van der Waals surface area contributed by atoms with E-state index in [-0.39, 0.29) is 11.7 Å². The molecule has 0 heterocycles. The van der Waals surface area contributed by atoms with E-state index in [4.69, 9.17) is 0 Å². The van der Waals surface area contributed by atoms with Gasteiger partial charge in [0.25, 0.3) is 5.91 Å². The fourth-order valence-electron chi connectivity index (χ4n) is 2.95. The second kappa shape index (κ2) is 7.36. The SMILES string of the molecule is Cc1ccc(C(=O)c2ccccc2C)c(NC(=O)c2ccccc2C)c1. The highest BCUT2D eigenvalue weighted by atomic mass is 16.1. The van der Waals surface area contributed by atoms with E-state index in [2.05, 4.69) is 5.32 Å². The molecule has 0 aromatic heterocycles. The van der Waals surface area contributed by atoms with Crippen LogP contribution < -0.4 is 5.32 Å². The van der Waals surface area contributed by atoms with Crippen LogP contribution in [0.5, 0.6) is 0 Å². The molecule has 3 heteroatoms. The van der Waals surface area contributed by atoms with E-state index in [9.17, 15) is 9.59 Å². The lowest BCUT2D eigenvalue weighted by Crippen LogP contribution is -2.16. The van der Waals surface area contributed by atoms with Crippen molar-refractivity contribution in [2.24, 2.45) is 0 Å². The molecule has 0 aliphatic carbocycles. The highest BCUT2D eigenvalue weighted by Crippen LogP contribution is 2.23. The number of hydrogen-bond acceptors (Lipinski definition) is 2. The summed E-state index contributed by atoms with van der Waals surface area (Å²) in [6.07, 6.45) is 0. The van der Waals surface area contributed by atoms with Crippen molar-refractivity contribution in [3.8, 4) is 0 Å². The Morgan fingerprint density at radius 2 is 1.27 bits per heavy atom. The normalized spacial score (nSPS) is 10.4. The standard InChI is InChI=1S/C23H21NO2/c1-15-12-13-20(22(25)18-10-6-4-8-16(18)2)21(14-15)24-23(26)19-11-7-5-9-17(19)3/h4-14H,1-3H3,(H,24,26). The second-order valence-corrected chi connectivity index (χ2v) is 6.46. The third-order valence-corrected chi connectivity index (χ3v) is 4.45. The number of benzene rings is 3. The van der Waals surface area contributed by atoms with Gasteiger partial charge in [0.2, 0.25) is 0 Å². The summed E-state index contributed by atoms with van der Waals surface area (Å²) in [4.78, 5) is 25.7. The minimum absolute atomic E-state index is 0.0943. The first kappa shape index (κ1) is 17.6. The predicted molar refractivity (Wildman–Crippen MR) is 105 cm³/mol. The van der Waals surface area contributed by atoms with Crippen LogP contribution >= 0.6 is 0 Å². The molecule has 3 aromatic rings. The maximum Gasteiger partial charge on any atom is 0.255 e. The first-order valence-electron chi connectivity index (χ1n) is 8.55. The average Bonchev–Trinajstić information content (AvgIpc) is 2.62. The van der Waals surface area contributed by atoms with Crippen LogP contribution in [0.25, 0.3) is 0 Å². The number of rotatable bonds is 4. The van der Waals surface area contributed by atoms with Gasteiger partial charge in [-0.25, -0.2) is 0 Å². The molecule has 0 aliphatic rings. The lowest BCUT2D eigenvalue weighted by Gasteiger charge is -2.13. The van der Waals surface area contributed by atoms with Crippen molar-refractivity contribution in [3.05, 3.63) is 100 Å². The highest BCUT2D eigenvalue weighted by Gasteiger charge is 2.18. The number of anilines is 1. The van der Waals surface area contributed by atoms with Gasteiger partial charge in [0.15, 0.2) is 5.78 Å². The quantitative estimate of drug-likeness (QED) is 0.670. The van der Waals surface area contributed by atoms with Gasteiger partial charge in [-0.3, -0.25) is 9.59 Å². The van der Waals surface area contributed by atoms with Crippen molar-refractivity contribution in [1.29, 1.82) is 0 Å². The zero-order valence-corrected chi connectivity index (χ0v) is 15.2. The average molecular weight is 343 g/mol. The van der Waals surface area contributed by atoms with Gasteiger partial charge in [-0.05, 0) is 55.7 Å². The van der Waals surface area contributed by atoms with Gasteiger partial charge >= 0.3 is 0 Å². The van der Waals surface area contributed by atoms with E-state index in [0.29, 0.717) is 22.4 Å². The molecular formula is C23H21NO2. The van der Waals surface area contributed by atoms with Crippen molar-refractivity contribution in [2.75, 3.05) is 5.32 Å². The third-order valence-electron chi connectivity index (χ3n) is 4.45. The maximum atomic E-state index is 13.0. The van der Waals surface area contributed by atoms with E-state index in [1.54, 1.807) is 12.1 Å².